The fourth-order valence-corrected chi connectivity index (χ4v) is 1.13. The lowest BCUT2D eigenvalue weighted by atomic mass is 10.3. The van der Waals surface area contributed by atoms with Crippen molar-refractivity contribution >= 4 is 0 Å². The van der Waals surface area contributed by atoms with Crippen molar-refractivity contribution in [1.82, 2.24) is 10.9 Å². The molecule has 2 aliphatic rings. The van der Waals surface area contributed by atoms with Gasteiger partial charge < -0.3 is 10.2 Å². The predicted molar refractivity (Wildman–Crippen MR) is 38.1 cm³/mol. The van der Waals surface area contributed by atoms with Crippen LogP contribution in [0.1, 0.15) is 0 Å². The van der Waals surface area contributed by atoms with Crippen molar-refractivity contribution in [1.29, 1.82) is 0 Å². The van der Waals surface area contributed by atoms with E-state index in [9.17, 15) is 0 Å². The van der Waals surface area contributed by atoms with E-state index in [0.29, 0.717) is 6.61 Å². The van der Waals surface area contributed by atoms with Crippen molar-refractivity contribution in [3.8, 4) is 0 Å². The average molecular weight is 138 g/mol. The number of hydrogen-bond acceptors (Lipinski definition) is 3. The summed E-state index contributed by atoms with van der Waals surface area (Å²) in [6.45, 7) is 1.58. The summed E-state index contributed by atoms with van der Waals surface area (Å²) in [6, 6.07) is 0. The molecule has 2 rings (SSSR count). The Balaban J connectivity index is 2.18. The van der Waals surface area contributed by atoms with Crippen LogP contribution in [0.2, 0.25) is 0 Å². The van der Waals surface area contributed by atoms with Crippen LogP contribution >= 0.6 is 0 Å². The molecule has 2 N–H and O–H groups in total. The molecule has 1 fully saturated rings. The molecule has 3 nitrogen and oxygen atoms in total. The third-order valence-corrected chi connectivity index (χ3v) is 1.67. The van der Waals surface area contributed by atoms with Crippen molar-refractivity contribution < 1.29 is 4.74 Å². The topological polar surface area (TPSA) is 33.3 Å². The lowest BCUT2D eigenvalue weighted by Gasteiger charge is -2.06. The summed E-state index contributed by atoms with van der Waals surface area (Å²) >= 11 is 0. The van der Waals surface area contributed by atoms with Crippen LogP contribution in [0.15, 0.2) is 23.9 Å². The van der Waals surface area contributed by atoms with E-state index in [1.165, 1.54) is 0 Å². The first-order chi connectivity index (χ1) is 4.97. The molecule has 0 bridgehead atoms. The molecule has 1 saturated heterocycles. The molecular weight excluding hydrogens is 128 g/mol. The molecule has 10 heavy (non-hydrogen) atoms. The van der Waals surface area contributed by atoms with Crippen LogP contribution in [-0.4, -0.2) is 19.3 Å². The molecule has 1 atom stereocenters. The van der Waals surface area contributed by atoms with Gasteiger partial charge in [0.2, 0.25) is 0 Å². The number of fused-ring (bicyclic) bond motifs is 1. The molecule has 1 unspecified atom stereocenters. The summed E-state index contributed by atoms with van der Waals surface area (Å²) in [7, 11) is 0. The van der Waals surface area contributed by atoms with Crippen molar-refractivity contribution in [2.24, 2.45) is 0 Å². The highest BCUT2D eigenvalue weighted by Crippen LogP contribution is 2.09. The molecule has 0 aliphatic carbocycles. The molecule has 54 valence electrons. The zero-order valence-corrected chi connectivity index (χ0v) is 5.63. The number of ether oxygens (including phenoxy) is 1. The van der Waals surface area contributed by atoms with Crippen LogP contribution in [-0.2, 0) is 4.74 Å². The minimum atomic E-state index is 0.231. The Labute approximate surface area is 59.7 Å². The maximum atomic E-state index is 5.45. The highest BCUT2D eigenvalue weighted by Gasteiger charge is 2.20. The standard InChI is InChI=1S/C7H10N2O/c1-2-4-10-7-5-8-9-6(7)3-1/h1-3,7-9H,4-5H2. The second-order valence-electron chi connectivity index (χ2n) is 2.38. The summed E-state index contributed by atoms with van der Waals surface area (Å²) in [5, 5.41) is 0. The van der Waals surface area contributed by atoms with Gasteiger partial charge in [-0.25, -0.2) is 5.43 Å². The SMILES string of the molecule is C1=CCOC2CNNC2=C1. The molecule has 0 aromatic carbocycles. The third kappa shape index (κ3) is 0.936. The number of allylic oxidation sites excluding steroid dienone is 2. The Morgan fingerprint density at radius 1 is 1.60 bits per heavy atom. The van der Waals surface area contributed by atoms with E-state index in [2.05, 4.69) is 10.9 Å². The van der Waals surface area contributed by atoms with Gasteiger partial charge >= 0.3 is 0 Å². The van der Waals surface area contributed by atoms with Crippen molar-refractivity contribution in [3.63, 3.8) is 0 Å². The quantitative estimate of drug-likeness (QED) is 0.491. The van der Waals surface area contributed by atoms with Crippen LogP contribution in [0.5, 0.6) is 0 Å². The van der Waals surface area contributed by atoms with E-state index < -0.39 is 0 Å². The average Bonchev–Trinajstić information content (AvgIpc) is 2.28. The van der Waals surface area contributed by atoms with E-state index in [1.54, 1.807) is 0 Å². The van der Waals surface area contributed by atoms with Gasteiger partial charge in [0.1, 0.15) is 6.10 Å². The van der Waals surface area contributed by atoms with E-state index in [0.717, 1.165) is 12.2 Å². The van der Waals surface area contributed by atoms with E-state index in [4.69, 9.17) is 4.74 Å². The van der Waals surface area contributed by atoms with Gasteiger partial charge in [-0.2, -0.15) is 0 Å². The maximum absolute atomic E-state index is 5.45. The smallest absolute Gasteiger partial charge is 0.113 e. The predicted octanol–water partition coefficient (Wildman–Crippen LogP) is -0.0669. The van der Waals surface area contributed by atoms with Crippen LogP contribution in [0.4, 0.5) is 0 Å². The first-order valence-electron chi connectivity index (χ1n) is 3.44. The van der Waals surface area contributed by atoms with Crippen molar-refractivity contribution in [2.45, 2.75) is 6.10 Å². The van der Waals surface area contributed by atoms with Gasteiger partial charge in [-0.3, -0.25) is 0 Å². The zero-order chi connectivity index (χ0) is 6.81. The number of hydrogen-bond donors (Lipinski definition) is 2. The van der Waals surface area contributed by atoms with Gasteiger partial charge in [0.25, 0.3) is 0 Å². The van der Waals surface area contributed by atoms with Gasteiger partial charge in [0, 0.05) is 6.54 Å². The second kappa shape index (κ2) is 2.44. The Bertz CT molecular complexity index is 186. The molecule has 0 spiro atoms. The molecule has 2 heterocycles. The van der Waals surface area contributed by atoms with Crippen LogP contribution in [0.3, 0.4) is 0 Å². The first kappa shape index (κ1) is 5.95. The highest BCUT2D eigenvalue weighted by molar-refractivity contribution is 5.19. The fourth-order valence-electron chi connectivity index (χ4n) is 1.13. The van der Waals surface area contributed by atoms with Crippen molar-refractivity contribution in [3.05, 3.63) is 23.9 Å². The zero-order valence-electron chi connectivity index (χ0n) is 5.63. The maximum Gasteiger partial charge on any atom is 0.113 e. The lowest BCUT2D eigenvalue weighted by Crippen LogP contribution is -2.20. The summed E-state index contributed by atoms with van der Waals surface area (Å²) in [6.07, 6.45) is 6.29. The fraction of sp³-hybridized carbons (Fsp3) is 0.429. The third-order valence-electron chi connectivity index (χ3n) is 1.67. The molecule has 0 radical (unpaired) electrons. The number of rotatable bonds is 0. The van der Waals surface area contributed by atoms with Crippen LogP contribution in [0, 0.1) is 0 Å². The van der Waals surface area contributed by atoms with E-state index in [1.807, 2.05) is 18.2 Å². The van der Waals surface area contributed by atoms with Gasteiger partial charge in [0.15, 0.2) is 0 Å². The Morgan fingerprint density at radius 2 is 2.60 bits per heavy atom. The van der Waals surface area contributed by atoms with Gasteiger partial charge in [0.05, 0.1) is 12.3 Å². The lowest BCUT2D eigenvalue weighted by molar-refractivity contribution is 0.115. The number of hydrazine groups is 1. The Morgan fingerprint density at radius 3 is 3.60 bits per heavy atom. The summed E-state index contributed by atoms with van der Waals surface area (Å²) in [4.78, 5) is 0. The molecule has 0 amide bonds. The van der Waals surface area contributed by atoms with Gasteiger partial charge in [-0.1, -0.05) is 12.2 Å². The molecular formula is C7H10N2O. The largest absolute Gasteiger partial charge is 0.366 e. The van der Waals surface area contributed by atoms with Crippen LogP contribution in [0.25, 0.3) is 0 Å². The second-order valence-corrected chi connectivity index (χ2v) is 2.38. The normalized spacial score (nSPS) is 30.4. The minimum absolute atomic E-state index is 0.231. The monoisotopic (exact) mass is 138 g/mol. The minimum Gasteiger partial charge on any atom is -0.366 e. The number of nitrogens with one attached hydrogen (secondary N) is 2. The van der Waals surface area contributed by atoms with E-state index in [-0.39, 0.29) is 6.10 Å². The first-order valence-corrected chi connectivity index (χ1v) is 3.44. The van der Waals surface area contributed by atoms with Crippen molar-refractivity contribution in [2.75, 3.05) is 13.2 Å². The summed E-state index contributed by atoms with van der Waals surface area (Å²) < 4.78 is 5.45. The van der Waals surface area contributed by atoms with Gasteiger partial charge in [-0.05, 0) is 6.08 Å². The van der Waals surface area contributed by atoms with Crippen LogP contribution < -0.4 is 10.9 Å². The molecule has 0 aromatic heterocycles. The molecule has 0 aromatic rings. The van der Waals surface area contributed by atoms with E-state index >= 15 is 0 Å². The summed E-state index contributed by atoms with van der Waals surface area (Å²) in [5.74, 6) is 0. The highest BCUT2D eigenvalue weighted by atomic mass is 16.5. The Hall–Kier alpha value is -0.800. The molecule has 0 saturated carbocycles. The Kier molecular flexibility index (Phi) is 1.45. The summed E-state index contributed by atoms with van der Waals surface area (Å²) in [5.41, 5.74) is 7.18. The van der Waals surface area contributed by atoms with Gasteiger partial charge in [-0.15, -0.1) is 0 Å². The molecule has 3 heteroatoms. The molecule has 2 aliphatic heterocycles.